The van der Waals surface area contributed by atoms with Crippen molar-refractivity contribution in [3.63, 3.8) is 0 Å². The number of aromatic nitrogens is 1. The number of nitrogens with one attached hydrogen (secondary N) is 1. The summed E-state index contributed by atoms with van der Waals surface area (Å²) in [5.74, 6) is 1.29. The second-order valence-electron chi connectivity index (χ2n) is 5.56. The van der Waals surface area contributed by atoms with Gasteiger partial charge in [0, 0.05) is 18.0 Å². The Morgan fingerprint density at radius 2 is 2.15 bits per heavy atom. The molecule has 0 spiro atoms. The molecule has 2 atom stereocenters. The Morgan fingerprint density at radius 3 is 3.00 bits per heavy atom. The molecular formula is C16H19ClN2O. The summed E-state index contributed by atoms with van der Waals surface area (Å²) < 4.78 is 0. The van der Waals surface area contributed by atoms with Crippen LogP contribution in [0.15, 0.2) is 30.3 Å². The fourth-order valence-electron chi connectivity index (χ4n) is 2.99. The molecule has 1 fully saturated rings. The van der Waals surface area contributed by atoms with Crippen LogP contribution in [0.1, 0.15) is 25.7 Å². The van der Waals surface area contributed by atoms with Gasteiger partial charge in [-0.15, -0.1) is 0 Å². The Morgan fingerprint density at radius 1 is 1.25 bits per heavy atom. The van der Waals surface area contributed by atoms with Crippen LogP contribution in [0.3, 0.4) is 0 Å². The summed E-state index contributed by atoms with van der Waals surface area (Å²) in [7, 11) is 0. The first-order valence-electron chi connectivity index (χ1n) is 7.19. The SMILES string of the molecule is OC[C@@H]1CCC[C@H](Nc2ccc3cccc(Cl)c3n2)C1. The number of pyridine rings is 1. The van der Waals surface area contributed by atoms with Gasteiger partial charge in [0.05, 0.1) is 10.5 Å². The van der Waals surface area contributed by atoms with Crippen molar-refractivity contribution >= 4 is 28.3 Å². The molecule has 0 saturated heterocycles. The smallest absolute Gasteiger partial charge is 0.126 e. The zero-order chi connectivity index (χ0) is 13.9. The molecule has 4 heteroatoms. The van der Waals surface area contributed by atoms with Gasteiger partial charge in [0.15, 0.2) is 0 Å². The first-order chi connectivity index (χ1) is 9.76. The number of aliphatic hydroxyl groups excluding tert-OH is 1. The first-order valence-corrected chi connectivity index (χ1v) is 7.57. The van der Waals surface area contributed by atoms with E-state index in [9.17, 15) is 5.11 Å². The van der Waals surface area contributed by atoms with E-state index >= 15 is 0 Å². The molecular weight excluding hydrogens is 272 g/mol. The highest BCUT2D eigenvalue weighted by Crippen LogP contribution is 2.27. The zero-order valence-corrected chi connectivity index (χ0v) is 12.1. The highest BCUT2D eigenvalue weighted by molar-refractivity contribution is 6.35. The molecule has 1 heterocycles. The maximum Gasteiger partial charge on any atom is 0.126 e. The third kappa shape index (κ3) is 2.89. The topological polar surface area (TPSA) is 45.1 Å². The maximum atomic E-state index is 9.29. The number of rotatable bonds is 3. The van der Waals surface area contributed by atoms with Gasteiger partial charge >= 0.3 is 0 Å². The van der Waals surface area contributed by atoms with Crippen LogP contribution in [-0.4, -0.2) is 22.7 Å². The van der Waals surface area contributed by atoms with E-state index in [-0.39, 0.29) is 6.61 Å². The molecule has 3 nitrogen and oxygen atoms in total. The third-order valence-electron chi connectivity index (χ3n) is 4.06. The zero-order valence-electron chi connectivity index (χ0n) is 11.3. The predicted octanol–water partition coefficient (Wildman–Crippen LogP) is 3.85. The number of anilines is 1. The summed E-state index contributed by atoms with van der Waals surface area (Å²) in [6.45, 7) is 0.287. The van der Waals surface area contributed by atoms with Crippen LogP contribution in [-0.2, 0) is 0 Å². The van der Waals surface area contributed by atoms with Crippen molar-refractivity contribution < 1.29 is 5.11 Å². The number of aliphatic hydroxyl groups is 1. The van der Waals surface area contributed by atoms with E-state index in [1.54, 1.807) is 0 Å². The minimum absolute atomic E-state index is 0.287. The molecule has 0 radical (unpaired) electrons. The monoisotopic (exact) mass is 290 g/mol. The fourth-order valence-corrected chi connectivity index (χ4v) is 3.21. The van der Waals surface area contributed by atoms with Gasteiger partial charge in [-0.1, -0.05) is 30.2 Å². The number of nitrogens with zero attached hydrogens (tertiary/aromatic N) is 1. The van der Waals surface area contributed by atoms with Crippen molar-refractivity contribution in [3.05, 3.63) is 35.4 Å². The van der Waals surface area contributed by atoms with Crippen LogP contribution in [0.5, 0.6) is 0 Å². The Balaban J connectivity index is 1.79. The molecule has 1 saturated carbocycles. The molecule has 0 unspecified atom stereocenters. The van der Waals surface area contributed by atoms with Crippen LogP contribution in [0.2, 0.25) is 5.02 Å². The van der Waals surface area contributed by atoms with E-state index in [1.807, 2.05) is 30.3 Å². The Labute approximate surface area is 124 Å². The molecule has 20 heavy (non-hydrogen) atoms. The van der Waals surface area contributed by atoms with Gasteiger partial charge in [-0.2, -0.15) is 0 Å². The van der Waals surface area contributed by atoms with E-state index in [4.69, 9.17) is 11.6 Å². The number of hydrogen-bond acceptors (Lipinski definition) is 3. The van der Waals surface area contributed by atoms with Crippen LogP contribution >= 0.6 is 11.6 Å². The normalized spacial score (nSPS) is 22.9. The summed E-state index contributed by atoms with van der Waals surface area (Å²) in [5, 5.41) is 14.5. The van der Waals surface area contributed by atoms with Gasteiger partial charge in [0.1, 0.15) is 5.82 Å². The lowest BCUT2D eigenvalue weighted by Crippen LogP contribution is -2.29. The molecule has 0 amide bonds. The van der Waals surface area contributed by atoms with Crippen molar-refractivity contribution in [2.75, 3.05) is 11.9 Å². The van der Waals surface area contributed by atoms with Gasteiger partial charge in [-0.05, 0) is 43.4 Å². The number of benzene rings is 1. The minimum atomic E-state index is 0.287. The number of hydrogen-bond donors (Lipinski definition) is 2. The average Bonchev–Trinajstić information content (AvgIpc) is 2.48. The van der Waals surface area contributed by atoms with Crippen molar-refractivity contribution in [3.8, 4) is 0 Å². The van der Waals surface area contributed by atoms with E-state index in [1.165, 1.54) is 0 Å². The van der Waals surface area contributed by atoms with E-state index < -0.39 is 0 Å². The highest BCUT2D eigenvalue weighted by Gasteiger charge is 2.21. The molecule has 0 aliphatic heterocycles. The number of halogens is 1. The summed E-state index contributed by atoms with van der Waals surface area (Å²) in [4.78, 5) is 4.61. The van der Waals surface area contributed by atoms with E-state index in [0.29, 0.717) is 17.0 Å². The molecule has 3 rings (SSSR count). The molecule has 106 valence electrons. The highest BCUT2D eigenvalue weighted by atomic mass is 35.5. The standard InChI is InChI=1S/C16H19ClN2O/c17-14-6-2-4-12-7-8-15(19-16(12)14)18-13-5-1-3-11(9-13)10-20/h2,4,6-8,11,13,20H,1,3,5,9-10H2,(H,18,19)/t11-,13+/m1/s1. The number of fused-ring (bicyclic) bond motifs is 1. The molecule has 1 aliphatic rings. The lowest BCUT2D eigenvalue weighted by molar-refractivity contribution is 0.184. The van der Waals surface area contributed by atoms with Gasteiger partial charge in [0.2, 0.25) is 0 Å². The molecule has 2 aromatic rings. The summed E-state index contributed by atoms with van der Waals surface area (Å²) in [6, 6.07) is 10.3. The lowest BCUT2D eigenvalue weighted by atomic mass is 9.86. The maximum absolute atomic E-state index is 9.29. The largest absolute Gasteiger partial charge is 0.396 e. The summed E-state index contributed by atoms with van der Waals surface area (Å²) in [6.07, 6.45) is 4.44. The Hall–Kier alpha value is -1.32. The van der Waals surface area contributed by atoms with Gasteiger partial charge in [-0.3, -0.25) is 0 Å². The van der Waals surface area contributed by atoms with Crippen LogP contribution in [0, 0.1) is 5.92 Å². The quantitative estimate of drug-likeness (QED) is 0.902. The summed E-state index contributed by atoms with van der Waals surface area (Å²) >= 11 is 6.19. The fraction of sp³-hybridized carbons (Fsp3) is 0.438. The summed E-state index contributed by atoms with van der Waals surface area (Å²) in [5.41, 5.74) is 0.841. The average molecular weight is 291 g/mol. The van der Waals surface area contributed by atoms with Crippen molar-refractivity contribution in [1.82, 2.24) is 4.98 Å². The Kier molecular flexibility index (Phi) is 4.08. The molecule has 1 aliphatic carbocycles. The number of para-hydroxylation sites is 1. The van der Waals surface area contributed by atoms with Crippen molar-refractivity contribution in [2.24, 2.45) is 5.92 Å². The predicted molar refractivity (Wildman–Crippen MR) is 83.2 cm³/mol. The third-order valence-corrected chi connectivity index (χ3v) is 4.37. The van der Waals surface area contributed by atoms with Gasteiger partial charge < -0.3 is 10.4 Å². The van der Waals surface area contributed by atoms with Gasteiger partial charge in [0.25, 0.3) is 0 Å². The molecule has 2 N–H and O–H groups in total. The van der Waals surface area contributed by atoms with Gasteiger partial charge in [-0.25, -0.2) is 4.98 Å². The lowest BCUT2D eigenvalue weighted by Gasteiger charge is -2.29. The van der Waals surface area contributed by atoms with E-state index in [2.05, 4.69) is 10.3 Å². The Bertz CT molecular complexity index is 602. The van der Waals surface area contributed by atoms with Crippen LogP contribution in [0.25, 0.3) is 10.9 Å². The molecule has 0 bridgehead atoms. The first kappa shape index (κ1) is 13.7. The molecule has 1 aromatic carbocycles. The minimum Gasteiger partial charge on any atom is -0.396 e. The second-order valence-corrected chi connectivity index (χ2v) is 5.97. The molecule has 1 aromatic heterocycles. The van der Waals surface area contributed by atoms with Crippen molar-refractivity contribution in [1.29, 1.82) is 0 Å². The second kappa shape index (κ2) is 5.98. The van der Waals surface area contributed by atoms with Crippen molar-refractivity contribution in [2.45, 2.75) is 31.7 Å². The van der Waals surface area contributed by atoms with Crippen LogP contribution < -0.4 is 5.32 Å². The van der Waals surface area contributed by atoms with E-state index in [0.717, 1.165) is 42.4 Å². The van der Waals surface area contributed by atoms with Crippen LogP contribution in [0.4, 0.5) is 5.82 Å².